The van der Waals surface area contributed by atoms with Crippen LogP contribution in [0.2, 0.25) is 0 Å². The van der Waals surface area contributed by atoms with E-state index in [0.717, 1.165) is 12.8 Å². The highest BCUT2D eigenvalue weighted by atomic mass is 16.6. The summed E-state index contributed by atoms with van der Waals surface area (Å²) in [4.78, 5) is 10.4. The molecule has 6 nitrogen and oxygen atoms in total. The molecule has 1 aromatic carbocycles. The summed E-state index contributed by atoms with van der Waals surface area (Å²) in [6.45, 7) is 4.24. The highest BCUT2D eigenvalue weighted by Crippen LogP contribution is 2.24. The molecule has 0 saturated heterocycles. The van der Waals surface area contributed by atoms with E-state index in [9.17, 15) is 10.1 Å². The molecule has 0 bridgehead atoms. The molecular formula is C13H22N4O2. The van der Waals surface area contributed by atoms with Crippen molar-refractivity contribution in [3.05, 3.63) is 28.3 Å². The third-order valence-electron chi connectivity index (χ3n) is 2.95. The maximum absolute atomic E-state index is 10.8. The molecule has 0 spiro atoms. The highest BCUT2D eigenvalue weighted by Gasteiger charge is 2.10. The molecule has 0 amide bonds. The molecule has 0 saturated carbocycles. The zero-order chi connectivity index (χ0) is 14.3. The second-order valence-electron chi connectivity index (χ2n) is 4.71. The van der Waals surface area contributed by atoms with Crippen molar-refractivity contribution in [2.75, 3.05) is 10.7 Å². The first-order chi connectivity index (χ1) is 9.06. The van der Waals surface area contributed by atoms with E-state index in [-0.39, 0.29) is 11.7 Å². The normalized spacial score (nSPS) is 11.9. The minimum absolute atomic E-state index is 0.0266. The van der Waals surface area contributed by atoms with Gasteiger partial charge in [0, 0.05) is 23.9 Å². The fourth-order valence-corrected chi connectivity index (χ4v) is 1.94. The minimum atomic E-state index is -0.423. The highest BCUT2D eigenvalue weighted by molar-refractivity contribution is 5.63. The van der Waals surface area contributed by atoms with Crippen molar-refractivity contribution < 1.29 is 4.92 Å². The van der Waals surface area contributed by atoms with Crippen LogP contribution >= 0.6 is 0 Å². The number of rotatable bonds is 8. The van der Waals surface area contributed by atoms with Crippen LogP contribution in [-0.2, 0) is 0 Å². The Morgan fingerprint density at radius 2 is 2.00 bits per heavy atom. The maximum atomic E-state index is 10.8. The third-order valence-corrected chi connectivity index (χ3v) is 2.95. The van der Waals surface area contributed by atoms with Crippen LogP contribution in [0, 0.1) is 10.1 Å². The summed E-state index contributed by atoms with van der Waals surface area (Å²) in [5, 5.41) is 14.1. The van der Waals surface area contributed by atoms with Crippen LogP contribution in [0.4, 0.5) is 17.1 Å². The number of nitrogens with zero attached hydrogens (tertiary/aromatic N) is 1. The maximum Gasteiger partial charge on any atom is 0.273 e. The lowest BCUT2D eigenvalue weighted by Crippen LogP contribution is -2.15. The number of nitro groups is 1. The number of unbranched alkanes of at least 4 members (excludes halogenated alkanes) is 2. The van der Waals surface area contributed by atoms with E-state index in [0.29, 0.717) is 11.4 Å². The first-order valence-electron chi connectivity index (χ1n) is 6.59. The zero-order valence-electron chi connectivity index (χ0n) is 11.5. The monoisotopic (exact) mass is 266 g/mol. The van der Waals surface area contributed by atoms with E-state index in [1.165, 1.54) is 25.0 Å². The van der Waals surface area contributed by atoms with Crippen molar-refractivity contribution >= 4 is 17.1 Å². The van der Waals surface area contributed by atoms with E-state index in [2.05, 4.69) is 24.6 Å². The number of hydrogen-bond acceptors (Lipinski definition) is 5. The number of nitrogen functional groups attached to an aromatic ring is 1. The molecule has 0 radical (unpaired) electrons. The molecule has 1 rings (SSSR count). The molecule has 0 heterocycles. The molecule has 4 N–H and O–H groups in total. The molecule has 106 valence electrons. The zero-order valence-corrected chi connectivity index (χ0v) is 11.5. The van der Waals surface area contributed by atoms with Crippen molar-refractivity contribution in [1.82, 2.24) is 0 Å². The Morgan fingerprint density at radius 3 is 2.58 bits per heavy atom. The fourth-order valence-electron chi connectivity index (χ4n) is 1.94. The molecule has 0 aliphatic heterocycles. The average molecular weight is 266 g/mol. The summed E-state index contributed by atoms with van der Waals surface area (Å²) < 4.78 is 0. The van der Waals surface area contributed by atoms with Crippen molar-refractivity contribution in [3.8, 4) is 0 Å². The number of hydrogen-bond donors (Lipinski definition) is 3. The molecule has 19 heavy (non-hydrogen) atoms. The van der Waals surface area contributed by atoms with Crippen molar-refractivity contribution in [2.45, 2.75) is 45.6 Å². The standard InChI is InChI=1S/C13H22N4O2/c1-3-4-5-6-10(2)15-11-7-12(16-14)9-13(8-11)17(18)19/h7-10,15-16H,3-6,14H2,1-2H3. The summed E-state index contributed by atoms with van der Waals surface area (Å²) in [5.41, 5.74) is 3.71. The molecule has 0 aliphatic rings. The van der Waals surface area contributed by atoms with Crippen LogP contribution in [0.25, 0.3) is 0 Å². The van der Waals surface area contributed by atoms with E-state index >= 15 is 0 Å². The summed E-state index contributed by atoms with van der Waals surface area (Å²) in [6, 6.07) is 4.98. The molecule has 0 fully saturated rings. The van der Waals surface area contributed by atoms with Gasteiger partial charge in [-0.15, -0.1) is 0 Å². The molecular weight excluding hydrogens is 244 g/mol. The minimum Gasteiger partial charge on any atom is -0.382 e. The van der Waals surface area contributed by atoms with Crippen LogP contribution in [0.3, 0.4) is 0 Å². The summed E-state index contributed by atoms with van der Waals surface area (Å²) in [7, 11) is 0. The van der Waals surface area contributed by atoms with Gasteiger partial charge in [0.2, 0.25) is 0 Å². The fraction of sp³-hybridized carbons (Fsp3) is 0.538. The topological polar surface area (TPSA) is 93.2 Å². The second kappa shape index (κ2) is 7.58. The Labute approximate surface area is 113 Å². The van der Waals surface area contributed by atoms with E-state index in [4.69, 9.17) is 5.84 Å². The number of nitrogens with two attached hydrogens (primary N) is 1. The predicted molar refractivity (Wildman–Crippen MR) is 78.1 cm³/mol. The van der Waals surface area contributed by atoms with Crippen molar-refractivity contribution in [2.24, 2.45) is 5.84 Å². The Morgan fingerprint density at radius 1 is 1.32 bits per heavy atom. The van der Waals surface area contributed by atoms with Gasteiger partial charge in [0.05, 0.1) is 10.6 Å². The van der Waals surface area contributed by atoms with Crippen LogP contribution in [0.15, 0.2) is 18.2 Å². The molecule has 0 aliphatic carbocycles. The van der Waals surface area contributed by atoms with Gasteiger partial charge in [0.25, 0.3) is 5.69 Å². The number of anilines is 2. The van der Waals surface area contributed by atoms with Gasteiger partial charge in [-0.3, -0.25) is 16.0 Å². The SMILES string of the molecule is CCCCCC(C)Nc1cc(NN)cc([N+](=O)[O-])c1. The second-order valence-corrected chi connectivity index (χ2v) is 4.71. The van der Waals surface area contributed by atoms with Crippen LogP contribution in [0.5, 0.6) is 0 Å². The lowest BCUT2D eigenvalue weighted by molar-refractivity contribution is -0.384. The lowest BCUT2D eigenvalue weighted by Gasteiger charge is -2.15. The predicted octanol–water partition coefficient (Wildman–Crippen LogP) is 3.26. The molecule has 1 unspecified atom stereocenters. The largest absolute Gasteiger partial charge is 0.382 e. The van der Waals surface area contributed by atoms with E-state index < -0.39 is 4.92 Å². The molecule has 6 heteroatoms. The quantitative estimate of drug-likeness (QED) is 0.290. The number of non-ortho nitro benzene ring substituents is 1. The number of hydrazine groups is 1. The summed E-state index contributed by atoms with van der Waals surface area (Å²) >= 11 is 0. The Kier molecular flexibility index (Phi) is 6.08. The van der Waals surface area contributed by atoms with Gasteiger partial charge in [-0.1, -0.05) is 26.2 Å². The summed E-state index contributed by atoms with van der Waals surface area (Å²) in [6.07, 6.45) is 4.59. The van der Waals surface area contributed by atoms with Crippen LogP contribution < -0.4 is 16.6 Å². The number of nitrogens with one attached hydrogen (secondary N) is 2. The third kappa shape index (κ3) is 5.13. The number of nitro benzene ring substituents is 1. The van der Waals surface area contributed by atoms with E-state index in [1.54, 1.807) is 6.07 Å². The first kappa shape index (κ1) is 15.2. The van der Waals surface area contributed by atoms with Crippen molar-refractivity contribution in [1.29, 1.82) is 0 Å². The Bertz CT molecular complexity index is 423. The van der Waals surface area contributed by atoms with Crippen LogP contribution in [-0.4, -0.2) is 11.0 Å². The average Bonchev–Trinajstić information content (AvgIpc) is 2.38. The van der Waals surface area contributed by atoms with Gasteiger partial charge >= 0.3 is 0 Å². The summed E-state index contributed by atoms with van der Waals surface area (Å²) in [5.74, 6) is 5.32. The molecule has 0 aromatic heterocycles. The van der Waals surface area contributed by atoms with Gasteiger partial charge < -0.3 is 10.7 Å². The lowest BCUT2D eigenvalue weighted by atomic mass is 10.1. The smallest absolute Gasteiger partial charge is 0.273 e. The first-order valence-corrected chi connectivity index (χ1v) is 6.59. The van der Waals surface area contributed by atoms with Crippen molar-refractivity contribution in [3.63, 3.8) is 0 Å². The van der Waals surface area contributed by atoms with Crippen LogP contribution in [0.1, 0.15) is 39.5 Å². The molecule has 1 aromatic rings. The van der Waals surface area contributed by atoms with E-state index in [1.807, 2.05) is 0 Å². The van der Waals surface area contributed by atoms with Gasteiger partial charge in [-0.05, 0) is 19.4 Å². The van der Waals surface area contributed by atoms with Gasteiger partial charge in [-0.2, -0.15) is 0 Å². The van der Waals surface area contributed by atoms with Gasteiger partial charge in [0.1, 0.15) is 0 Å². The van der Waals surface area contributed by atoms with Gasteiger partial charge in [-0.25, -0.2) is 0 Å². The Balaban J connectivity index is 2.71. The number of benzene rings is 1. The Hall–Kier alpha value is -1.82. The molecule has 1 atom stereocenters. The van der Waals surface area contributed by atoms with Gasteiger partial charge in [0.15, 0.2) is 0 Å².